The number of methoxy groups -OCH3 is 1. The van der Waals surface area contributed by atoms with E-state index in [2.05, 4.69) is 9.97 Å². The van der Waals surface area contributed by atoms with E-state index in [0.717, 1.165) is 29.9 Å². The van der Waals surface area contributed by atoms with Crippen molar-refractivity contribution in [3.05, 3.63) is 71.7 Å². The van der Waals surface area contributed by atoms with Crippen molar-refractivity contribution in [2.75, 3.05) is 20.2 Å². The van der Waals surface area contributed by atoms with Gasteiger partial charge in [-0.2, -0.15) is 0 Å². The predicted octanol–water partition coefficient (Wildman–Crippen LogP) is 3.39. The first kappa shape index (κ1) is 19.0. The van der Waals surface area contributed by atoms with Gasteiger partial charge in [0.15, 0.2) is 11.6 Å². The molecule has 1 N–H and O–H groups in total. The molecule has 150 valence electrons. The van der Waals surface area contributed by atoms with Gasteiger partial charge >= 0.3 is 0 Å². The van der Waals surface area contributed by atoms with Crippen molar-refractivity contribution in [2.45, 2.75) is 25.2 Å². The molecule has 0 bridgehead atoms. The average molecular weight is 393 g/mol. The summed E-state index contributed by atoms with van der Waals surface area (Å²) in [6.45, 7) is 1.12. The minimum Gasteiger partial charge on any atom is -0.505 e. The predicted molar refractivity (Wildman–Crippen MR) is 106 cm³/mol. The van der Waals surface area contributed by atoms with E-state index in [4.69, 9.17) is 9.15 Å². The van der Waals surface area contributed by atoms with Crippen LogP contribution >= 0.6 is 0 Å². The molecule has 3 aromatic rings. The molecule has 0 aliphatic carbocycles. The van der Waals surface area contributed by atoms with Gasteiger partial charge in [-0.15, -0.1) is 0 Å². The highest BCUT2D eigenvalue weighted by Gasteiger charge is 2.30. The van der Waals surface area contributed by atoms with Gasteiger partial charge in [0.25, 0.3) is 5.91 Å². The molecular weight excluding hydrogens is 370 g/mol. The third kappa shape index (κ3) is 4.23. The van der Waals surface area contributed by atoms with Crippen molar-refractivity contribution in [2.24, 2.45) is 0 Å². The number of likely N-dealkylation sites (tertiary alicyclic amines) is 1. The Morgan fingerprint density at radius 1 is 1.31 bits per heavy atom. The van der Waals surface area contributed by atoms with Crippen LogP contribution in [-0.2, 0) is 6.42 Å². The number of hydrogen-bond acceptors (Lipinski definition) is 6. The fraction of sp³-hybridized carbons (Fsp3) is 0.318. The smallest absolute Gasteiger partial charge is 0.276 e. The summed E-state index contributed by atoms with van der Waals surface area (Å²) in [5, 5.41) is 9.93. The van der Waals surface area contributed by atoms with Gasteiger partial charge in [-0.05, 0) is 42.7 Å². The molecule has 0 spiro atoms. The molecule has 4 rings (SSSR count). The Morgan fingerprint density at radius 2 is 2.21 bits per heavy atom. The Labute approximate surface area is 169 Å². The van der Waals surface area contributed by atoms with Crippen molar-refractivity contribution >= 4 is 5.91 Å². The van der Waals surface area contributed by atoms with Gasteiger partial charge < -0.3 is 19.2 Å². The number of carbonyl (C=O) groups is 1. The molecule has 0 saturated carbocycles. The Hall–Kier alpha value is -3.35. The Bertz CT molecular complexity index is 1000. The molecule has 1 aliphatic rings. The van der Waals surface area contributed by atoms with Crippen LogP contribution in [0.5, 0.6) is 11.5 Å². The summed E-state index contributed by atoms with van der Waals surface area (Å²) in [6.07, 6.45) is 5.63. The zero-order chi connectivity index (χ0) is 20.2. The Balaban J connectivity index is 1.45. The second-order valence-electron chi connectivity index (χ2n) is 7.15. The summed E-state index contributed by atoms with van der Waals surface area (Å²) in [6, 6.07) is 10.9. The number of rotatable bonds is 5. The van der Waals surface area contributed by atoms with Crippen LogP contribution in [0, 0.1) is 0 Å². The molecule has 0 radical (unpaired) electrons. The molecule has 1 atom stereocenters. The van der Waals surface area contributed by atoms with Crippen molar-refractivity contribution in [3.8, 4) is 11.5 Å². The fourth-order valence-corrected chi connectivity index (χ4v) is 3.65. The summed E-state index contributed by atoms with van der Waals surface area (Å²) in [4.78, 5) is 22.9. The number of pyridine rings is 1. The van der Waals surface area contributed by atoms with Crippen molar-refractivity contribution in [1.29, 1.82) is 0 Å². The second kappa shape index (κ2) is 8.34. The lowest BCUT2D eigenvalue weighted by Gasteiger charge is -2.31. The number of ether oxygens (including phenoxy) is 1. The van der Waals surface area contributed by atoms with Gasteiger partial charge in [-0.25, -0.2) is 9.97 Å². The van der Waals surface area contributed by atoms with Crippen molar-refractivity contribution in [3.63, 3.8) is 0 Å². The van der Waals surface area contributed by atoms with E-state index in [9.17, 15) is 9.90 Å². The summed E-state index contributed by atoms with van der Waals surface area (Å²) < 4.78 is 11.3. The number of hydrogen-bond donors (Lipinski definition) is 1. The number of benzene rings is 1. The van der Waals surface area contributed by atoms with Gasteiger partial charge in [0.05, 0.1) is 19.2 Å². The second-order valence-corrected chi connectivity index (χ2v) is 7.15. The van der Waals surface area contributed by atoms with Crippen LogP contribution in [0.1, 0.15) is 46.5 Å². The van der Waals surface area contributed by atoms with E-state index in [1.807, 2.05) is 24.3 Å². The molecule has 1 aromatic carbocycles. The number of nitrogens with zero attached hydrogens (tertiary/aromatic N) is 3. The minimum atomic E-state index is -0.268. The van der Waals surface area contributed by atoms with Crippen LogP contribution in [0.4, 0.5) is 0 Å². The lowest BCUT2D eigenvalue weighted by Crippen LogP contribution is -2.39. The van der Waals surface area contributed by atoms with Crippen LogP contribution in [0.3, 0.4) is 0 Å². The van der Waals surface area contributed by atoms with Crippen LogP contribution < -0.4 is 4.74 Å². The maximum absolute atomic E-state index is 12.7. The number of aromatic hydroxyl groups is 1. The van der Waals surface area contributed by atoms with E-state index in [-0.39, 0.29) is 23.3 Å². The fourth-order valence-electron chi connectivity index (χ4n) is 3.65. The first-order valence-corrected chi connectivity index (χ1v) is 9.65. The third-order valence-electron chi connectivity index (χ3n) is 5.13. The highest BCUT2D eigenvalue weighted by molar-refractivity contribution is 5.94. The Morgan fingerprint density at radius 3 is 3.03 bits per heavy atom. The highest BCUT2D eigenvalue weighted by Crippen LogP contribution is 2.29. The first-order chi connectivity index (χ1) is 14.1. The first-order valence-electron chi connectivity index (χ1n) is 9.65. The summed E-state index contributed by atoms with van der Waals surface area (Å²) >= 11 is 0. The summed E-state index contributed by atoms with van der Waals surface area (Å²) in [5.41, 5.74) is 1.16. The number of aromatic nitrogens is 2. The molecular formula is C22H23N3O4. The molecule has 3 heterocycles. The number of amides is 1. The molecule has 1 fully saturated rings. The van der Waals surface area contributed by atoms with Gasteiger partial charge in [0, 0.05) is 25.7 Å². The summed E-state index contributed by atoms with van der Waals surface area (Å²) in [7, 11) is 1.65. The van der Waals surface area contributed by atoms with E-state index in [1.165, 1.54) is 12.3 Å². The standard InChI is InChI=1S/C22H23N3O4/c1-28-17-7-2-5-15(11-17)12-18-13-24-21(29-18)16-6-4-10-25(14-16)22(27)20-19(26)8-3-9-23-20/h2-3,5,7-9,11,13,16,26H,4,6,10,12,14H2,1H3. The maximum atomic E-state index is 12.7. The minimum absolute atomic E-state index is 0.0256. The third-order valence-corrected chi connectivity index (χ3v) is 5.13. The van der Waals surface area contributed by atoms with Crippen LogP contribution in [0.15, 0.2) is 53.2 Å². The number of piperidine rings is 1. The topological polar surface area (TPSA) is 88.7 Å². The molecule has 1 aliphatic heterocycles. The largest absolute Gasteiger partial charge is 0.505 e. The number of carbonyl (C=O) groups excluding carboxylic acids is 1. The van der Waals surface area contributed by atoms with E-state index in [0.29, 0.717) is 25.4 Å². The van der Waals surface area contributed by atoms with Crippen LogP contribution in [0.25, 0.3) is 0 Å². The Kier molecular flexibility index (Phi) is 5.46. The normalized spacial score (nSPS) is 16.6. The lowest BCUT2D eigenvalue weighted by atomic mass is 9.97. The van der Waals surface area contributed by atoms with E-state index in [1.54, 1.807) is 24.3 Å². The SMILES string of the molecule is COc1cccc(Cc2cnc(C3CCCN(C(=O)c4ncccc4O)C3)o2)c1. The maximum Gasteiger partial charge on any atom is 0.276 e. The summed E-state index contributed by atoms with van der Waals surface area (Å²) in [5.74, 6) is 1.89. The van der Waals surface area contributed by atoms with Gasteiger partial charge in [-0.1, -0.05) is 12.1 Å². The lowest BCUT2D eigenvalue weighted by molar-refractivity contribution is 0.0688. The van der Waals surface area contributed by atoms with E-state index < -0.39 is 0 Å². The van der Waals surface area contributed by atoms with Gasteiger partial charge in [-0.3, -0.25) is 4.79 Å². The monoisotopic (exact) mass is 393 g/mol. The average Bonchev–Trinajstić information content (AvgIpc) is 3.22. The van der Waals surface area contributed by atoms with Crippen molar-refractivity contribution in [1.82, 2.24) is 14.9 Å². The zero-order valence-electron chi connectivity index (χ0n) is 16.2. The van der Waals surface area contributed by atoms with Crippen LogP contribution in [0.2, 0.25) is 0 Å². The van der Waals surface area contributed by atoms with Crippen molar-refractivity contribution < 1.29 is 19.1 Å². The van der Waals surface area contributed by atoms with Gasteiger partial charge in [0.1, 0.15) is 17.3 Å². The van der Waals surface area contributed by atoms with Gasteiger partial charge in [0.2, 0.25) is 0 Å². The number of oxazole rings is 1. The molecule has 1 unspecified atom stereocenters. The zero-order valence-corrected chi connectivity index (χ0v) is 16.2. The molecule has 7 heteroatoms. The molecule has 1 amide bonds. The molecule has 7 nitrogen and oxygen atoms in total. The molecule has 2 aromatic heterocycles. The quantitative estimate of drug-likeness (QED) is 0.715. The van der Waals surface area contributed by atoms with E-state index >= 15 is 0 Å². The van der Waals surface area contributed by atoms with Crippen LogP contribution in [-0.4, -0.2) is 46.1 Å². The molecule has 29 heavy (non-hydrogen) atoms. The highest BCUT2D eigenvalue weighted by atomic mass is 16.5. The molecule has 1 saturated heterocycles.